The van der Waals surface area contributed by atoms with E-state index >= 15 is 0 Å². The molecule has 2 N–H and O–H groups in total. The second-order valence-corrected chi connectivity index (χ2v) is 13.0. The monoisotopic (exact) mass is 639 g/mol. The van der Waals surface area contributed by atoms with Crippen molar-refractivity contribution in [2.75, 3.05) is 7.11 Å². The molecule has 0 aliphatic heterocycles. The maximum Gasteiger partial charge on any atom is 0.317 e. The summed E-state index contributed by atoms with van der Waals surface area (Å²) in [5, 5.41) is 17.9. The van der Waals surface area contributed by atoms with E-state index in [-0.39, 0.29) is 22.9 Å². The number of aromatic nitrogens is 1. The molecule has 2 aromatic rings. The summed E-state index contributed by atoms with van der Waals surface area (Å²) < 4.78 is 28.2. The predicted molar refractivity (Wildman–Crippen MR) is 155 cm³/mol. The number of thiophene rings is 1. The van der Waals surface area contributed by atoms with Gasteiger partial charge in [-0.15, -0.1) is 11.3 Å². The van der Waals surface area contributed by atoms with Crippen molar-refractivity contribution in [1.82, 2.24) is 4.98 Å². The highest BCUT2D eigenvalue weighted by molar-refractivity contribution is 7.20. The average molecular weight is 640 g/mol. The van der Waals surface area contributed by atoms with E-state index in [2.05, 4.69) is 4.98 Å². The molecule has 1 unspecified atom stereocenters. The Morgan fingerprint density at radius 2 is 1.36 bits per heavy atom. The number of pyridine rings is 1. The maximum absolute atomic E-state index is 12.8. The summed E-state index contributed by atoms with van der Waals surface area (Å²) in [6.07, 6.45) is -3.60. The van der Waals surface area contributed by atoms with Crippen LogP contribution >= 0.6 is 11.3 Å². The molecule has 44 heavy (non-hydrogen) atoms. The smallest absolute Gasteiger partial charge is 0.317 e. The van der Waals surface area contributed by atoms with E-state index in [9.17, 15) is 28.8 Å². The standard InChI is InChI=1S/C29H37NO13S/c1-27(2,3)41-23(36)10-16(31)19-9-15-18(44-19)11-17(39-8)26(30-15)40-20(29(6,7)43-25(38)13-22(34)35)14-28(4,5)42-24(37)12-21(32)33/h9,11,20H,10,12-14H2,1-8H3,(H,32,33)(H,34,35). The first kappa shape index (κ1) is 35.9. The van der Waals surface area contributed by atoms with Crippen molar-refractivity contribution < 1.29 is 62.7 Å². The lowest BCUT2D eigenvalue weighted by Gasteiger charge is -2.38. The molecule has 1 atom stereocenters. The number of aliphatic carboxylic acids is 2. The van der Waals surface area contributed by atoms with Gasteiger partial charge in [0.05, 0.1) is 22.2 Å². The normalized spacial score (nSPS) is 12.6. The highest BCUT2D eigenvalue weighted by atomic mass is 32.1. The molecule has 0 aliphatic carbocycles. The summed E-state index contributed by atoms with van der Waals surface area (Å²) in [4.78, 5) is 76.1. The lowest BCUT2D eigenvalue weighted by molar-refractivity contribution is -0.178. The third-order valence-electron chi connectivity index (χ3n) is 5.72. The van der Waals surface area contributed by atoms with Gasteiger partial charge in [-0.05, 0) is 54.5 Å². The molecule has 2 rings (SSSR count). The summed E-state index contributed by atoms with van der Waals surface area (Å²) in [6.45, 7) is 11.0. The van der Waals surface area contributed by atoms with Crippen LogP contribution in [0.4, 0.5) is 0 Å². The molecular weight excluding hydrogens is 602 g/mol. The van der Waals surface area contributed by atoms with Gasteiger partial charge in [-0.1, -0.05) is 0 Å². The van der Waals surface area contributed by atoms with Crippen LogP contribution < -0.4 is 9.47 Å². The van der Waals surface area contributed by atoms with Gasteiger partial charge in [0.1, 0.15) is 42.2 Å². The third kappa shape index (κ3) is 11.1. The Morgan fingerprint density at radius 1 is 0.818 bits per heavy atom. The Hall–Kier alpha value is -4.27. The van der Waals surface area contributed by atoms with Crippen molar-refractivity contribution in [3.63, 3.8) is 0 Å². The molecule has 0 fully saturated rings. The van der Waals surface area contributed by atoms with Crippen molar-refractivity contribution in [2.24, 2.45) is 0 Å². The van der Waals surface area contributed by atoms with E-state index in [0.29, 0.717) is 10.2 Å². The average Bonchev–Trinajstić information content (AvgIpc) is 3.22. The number of ketones is 1. The van der Waals surface area contributed by atoms with Crippen molar-refractivity contribution in [3.05, 3.63) is 17.0 Å². The van der Waals surface area contributed by atoms with Crippen LogP contribution in [-0.2, 0) is 38.2 Å². The number of carbonyl (C=O) groups is 6. The number of hydrogen-bond donors (Lipinski definition) is 2. The number of hydrogen-bond acceptors (Lipinski definition) is 13. The van der Waals surface area contributed by atoms with Gasteiger partial charge in [-0.2, -0.15) is 0 Å². The molecule has 0 bridgehead atoms. The zero-order chi connectivity index (χ0) is 33.6. The summed E-state index contributed by atoms with van der Waals surface area (Å²) >= 11 is 1.08. The number of esters is 3. The Bertz CT molecular complexity index is 1430. The van der Waals surface area contributed by atoms with Crippen LogP contribution in [0.5, 0.6) is 11.6 Å². The summed E-state index contributed by atoms with van der Waals surface area (Å²) in [5.41, 5.74) is -3.32. The van der Waals surface area contributed by atoms with Gasteiger partial charge in [0.25, 0.3) is 5.88 Å². The number of carbonyl (C=O) groups excluding carboxylic acids is 4. The Kier molecular flexibility index (Phi) is 11.4. The van der Waals surface area contributed by atoms with Crippen LogP contribution in [0.2, 0.25) is 0 Å². The number of methoxy groups -OCH3 is 1. The van der Waals surface area contributed by atoms with Crippen LogP contribution in [0.3, 0.4) is 0 Å². The van der Waals surface area contributed by atoms with Gasteiger partial charge >= 0.3 is 29.8 Å². The van der Waals surface area contributed by atoms with E-state index in [1.54, 1.807) is 26.8 Å². The molecule has 0 saturated carbocycles. The zero-order valence-electron chi connectivity index (χ0n) is 25.8. The van der Waals surface area contributed by atoms with Crippen molar-refractivity contribution in [2.45, 2.75) is 97.1 Å². The summed E-state index contributed by atoms with van der Waals surface area (Å²) in [5.74, 6) is -5.98. The molecule has 0 saturated heterocycles. The number of Topliss-reactive ketones (excluding diaryl/α,β-unsaturated/α-hetero) is 1. The highest BCUT2D eigenvalue weighted by Gasteiger charge is 2.42. The molecule has 242 valence electrons. The van der Waals surface area contributed by atoms with Gasteiger partial charge in [0.2, 0.25) is 0 Å². The van der Waals surface area contributed by atoms with Crippen LogP contribution in [-0.4, -0.2) is 80.8 Å². The second-order valence-electron chi connectivity index (χ2n) is 11.9. The first-order chi connectivity index (χ1) is 20.1. The molecule has 2 aromatic heterocycles. The lowest BCUT2D eigenvalue weighted by Crippen LogP contribution is -2.49. The minimum atomic E-state index is -1.53. The van der Waals surface area contributed by atoms with E-state index in [0.717, 1.165) is 11.3 Å². The Labute approximate surface area is 257 Å². The fraction of sp³-hybridized carbons (Fsp3) is 0.552. The quantitative estimate of drug-likeness (QED) is 0.123. The van der Waals surface area contributed by atoms with Gasteiger partial charge in [0, 0.05) is 12.5 Å². The van der Waals surface area contributed by atoms with Crippen LogP contribution in [0, 0.1) is 0 Å². The van der Waals surface area contributed by atoms with Crippen LogP contribution in [0.25, 0.3) is 10.2 Å². The molecule has 15 heteroatoms. The topological polar surface area (TPSA) is 202 Å². The van der Waals surface area contributed by atoms with Crippen LogP contribution in [0.1, 0.15) is 83.8 Å². The molecule has 0 amide bonds. The first-order valence-electron chi connectivity index (χ1n) is 13.4. The number of rotatable bonds is 15. The maximum atomic E-state index is 12.8. The minimum Gasteiger partial charge on any atom is -0.491 e. The second kappa shape index (κ2) is 14.0. The third-order valence-corrected chi connectivity index (χ3v) is 6.83. The van der Waals surface area contributed by atoms with Gasteiger partial charge < -0.3 is 33.9 Å². The van der Waals surface area contributed by atoms with E-state index in [1.165, 1.54) is 40.9 Å². The number of carboxylic acid groups (broad SMARTS) is 2. The molecule has 14 nitrogen and oxygen atoms in total. The zero-order valence-corrected chi connectivity index (χ0v) is 26.6. The molecule has 0 radical (unpaired) electrons. The summed E-state index contributed by atoms with van der Waals surface area (Å²) in [7, 11) is 1.35. The van der Waals surface area contributed by atoms with Crippen molar-refractivity contribution >= 4 is 57.2 Å². The van der Waals surface area contributed by atoms with Crippen molar-refractivity contribution in [1.29, 1.82) is 0 Å². The van der Waals surface area contributed by atoms with Gasteiger partial charge in [0.15, 0.2) is 11.5 Å². The van der Waals surface area contributed by atoms with Gasteiger partial charge in [-0.25, -0.2) is 4.98 Å². The largest absolute Gasteiger partial charge is 0.491 e. The summed E-state index contributed by atoms with van der Waals surface area (Å²) in [6, 6.07) is 3.04. The number of fused-ring (bicyclic) bond motifs is 1. The molecule has 2 heterocycles. The molecular formula is C29H37NO13S. The van der Waals surface area contributed by atoms with Crippen molar-refractivity contribution in [3.8, 4) is 11.6 Å². The first-order valence-corrected chi connectivity index (χ1v) is 14.2. The molecule has 0 aliphatic rings. The fourth-order valence-electron chi connectivity index (χ4n) is 3.93. The molecule has 0 aromatic carbocycles. The van der Waals surface area contributed by atoms with E-state index < -0.39 is 77.8 Å². The lowest BCUT2D eigenvalue weighted by atomic mass is 9.90. The van der Waals surface area contributed by atoms with E-state index in [1.807, 2.05) is 0 Å². The predicted octanol–water partition coefficient (Wildman–Crippen LogP) is 3.95. The van der Waals surface area contributed by atoms with E-state index in [4.69, 9.17) is 33.9 Å². The molecule has 0 spiro atoms. The number of carboxylic acids is 2. The Balaban J connectivity index is 2.46. The van der Waals surface area contributed by atoms with Gasteiger partial charge in [-0.3, -0.25) is 28.8 Å². The Morgan fingerprint density at radius 3 is 1.89 bits per heavy atom. The fourth-order valence-corrected chi connectivity index (χ4v) is 4.90. The SMILES string of the molecule is COc1cc2sc(C(=O)CC(=O)OC(C)(C)C)cc2nc1OC(CC(C)(C)OC(=O)CC(=O)O)C(C)(C)OC(=O)CC(=O)O. The van der Waals surface area contributed by atoms with Crippen LogP contribution in [0.15, 0.2) is 12.1 Å². The highest BCUT2D eigenvalue weighted by Crippen LogP contribution is 2.37. The number of nitrogens with zero attached hydrogens (tertiary/aromatic N) is 1. The minimum absolute atomic E-state index is 0.0936. The number of ether oxygens (including phenoxy) is 5.